The molecule has 6 aromatic carbocycles. The highest BCUT2D eigenvalue weighted by molar-refractivity contribution is 6.27. The van der Waals surface area contributed by atoms with Crippen LogP contribution in [0.1, 0.15) is 0 Å². The molecule has 0 fully saturated rings. The molecule has 46 heavy (non-hydrogen) atoms. The van der Waals surface area contributed by atoms with E-state index >= 15 is 0 Å². The molecule has 0 amide bonds. The van der Waals surface area contributed by atoms with Crippen LogP contribution in [0.3, 0.4) is 0 Å². The summed E-state index contributed by atoms with van der Waals surface area (Å²) in [6.45, 7) is 0. The molecule has 3 heteroatoms. The lowest BCUT2D eigenvalue weighted by atomic mass is 9.84. The number of fused-ring (bicyclic) bond motifs is 5. The minimum atomic E-state index is 0.907. The van der Waals surface area contributed by atoms with Crippen molar-refractivity contribution in [1.82, 2.24) is 15.0 Å². The van der Waals surface area contributed by atoms with Gasteiger partial charge in [-0.2, -0.15) is 0 Å². The lowest BCUT2D eigenvalue weighted by Gasteiger charge is -2.19. The van der Waals surface area contributed by atoms with Crippen LogP contribution in [-0.4, -0.2) is 15.0 Å². The van der Waals surface area contributed by atoms with Crippen molar-refractivity contribution in [3.8, 4) is 44.6 Å². The van der Waals surface area contributed by atoms with Crippen molar-refractivity contribution in [3.63, 3.8) is 0 Å². The zero-order valence-corrected chi connectivity index (χ0v) is 24.9. The first-order chi connectivity index (χ1) is 22.8. The van der Waals surface area contributed by atoms with Crippen molar-refractivity contribution in [1.29, 1.82) is 0 Å². The molecule has 0 aliphatic carbocycles. The molecule has 0 atom stereocenters. The Hall–Kier alpha value is -6.19. The van der Waals surface area contributed by atoms with Crippen LogP contribution in [0.4, 0.5) is 0 Å². The van der Waals surface area contributed by atoms with E-state index in [1.54, 1.807) is 0 Å². The molecule has 9 aromatic rings. The zero-order valence-electron chi connectivity index (χ0n) is 24.9. The van der Waals surface area contributed by atoms with Gasteiger partial charge in [-0.1, -0.05) is 115 Å². The van der Waals surface area contributed by atoms with Gasteiger partial charge in [0, 0.05) is 45.9 Å². The van der Waals surface area contributed by atoms with E-state index in [0.29, 0.717) is 0 Å². The zero-order chi connectivity index (χ0) is 30.5. The fourth-order valence-corrected chi connectivity index (χ4v) is 6.80. The number of nitrogens with zero attached hydrogens (tertiary/aromatic N) is 3. The standard InChI is InChI=1S/C43H27N3/c1-3-10-28(11-4-1)40-36-21-17-30-15-9-23-44-43(30)42(36)41(29-12-5-2-6-13-29)35-20-18-31(25-37(35)40)33-19-22-39(45-26-33)34-24-32-14-7-8-16-38(32)46-27-34/h1-27H. The number of hydrogen-bond donors (Lipinski definition) is 0. The molecular weight excluding hydrogens is 558 g/mol. The Bertz CT molecular complexity index is 2560. The molecule has 0 unspecified atom stereocenters. The Kier molecular flexibility index (Phi) is 6.14. The second kappa shape index (κ2) is 10.8. The fraction of sp³-hybridized carbons (Fsp3) is 0. The second-order valence-corrected chi connectivity index (χ2v) is 11.7. The third kappa shape index (κ3) is 4.33. The Morgan fingerprint density at radius 2 is 1.07 bits per heavy atom. The fourth-order valence-electron chi connectivity index (χ4n) is 6.80. The predicted octanol–water partition coefficient (Wildman–Crippen LogP) is 11.2. The molecule has 3 nitrogen and oxygen atoms in total. The molecule has 0 radical (unpaired) electrons. The van der Waals surface area contributed by atoms with Crippen LogP contribution < -0.4 is 0 Å². The van der Waals surface area contributed by atoms with Crippen molar-refractivity contribution in [2.45, 2.75) is 0 Å². The molecule has 3 aromatic heterocycles. The van der Waals surface area contributed by atoms with E-state index in [2.05, 4.69) is 126 Å². The summed E-state index contributed by atoms with van der Waals surface area (Å²) in [6.07, 6.45) is 5.78. The SMILES string of the molecule is c1ccc(-c2c3cc(-c4ccc(-c5cnc6ccccc6c5)nc4)ccc3c(-c3ccccc3)c3c2ccc2cccnc23)cc1. The molecule has 9 rings (SSSR count). The minimum Gasteiger partial charge on any atom is -0.256 e. The molecule has 0 bridgehead atoms. The smallest absolute Gasteiger partial charge is 0.0786 e. The van der Waals surface area contributed by atoms with Crippen LogP contribution in [-0.2, 0) is 0 Å². The average molecular weight is 586 g/mol. The highest BCUT2D eigenvalue weighted by atomic mass is 14.7. The third-order valence-corrected chi connectivity index (χ3v) is 8.96. The van der Waals surface area contributed by atoms with E-state index in [-0.39, 0.29) is 0 Å². The first-order valence-corrected chi connectivity index (χ1v) is 15.5. The van der Waals surface area contributed by atoms with Crippen LogP contribution in [0.25, 0.3) is 88.0 Å². The maximum Gasteiger partial charge on any atom is 0.0786 e. The van der Waals surface area contributed by atoms with Crippen molar-refractivity contribution >= 4 is 43.4 Å². The summed E-state index contributed by atoms with van der Waals surface area (Å²) in [5.41, 5.74) is 10.9. The molecule has 0 N–H and O–H groups in total. The van der Waals surface area contributed by atoms with Gasteiger partial charge in [-0.25, -0.2) is 0 Å². The van der Waals surface area contributed by atoms with Gasteiger partial charge in [0.05, 0.1) is 16.7 Å². The summed E-state index contributed by atoms with van der Waals surface area (Å²) in [4.78, 5) is 14.5. The lowest BCUT2D eigenvalue weighted by molar-refractivity contribution is 1.31. The third-order valence-electron chi connectivity index (χ3n) is 8.96. The van der Waals surface area contributed by atoms with E-state index in [0.717, 1.165) is 44.2 Å². The number of pyridine rings is 3. The monoisotopic (exact) mass is 585 g/mol. The number of benzene rings is 6. The summed E-state index contributed by atoms with van der Waals surface area (Å²) in [6, 6.07) is 51.5. The molecule has 0 spiro atoms. The van der Waals surface area contributed by atoms with Crippen molar-refractivity contribution in [2.75, 3.05) is 0 Å². The first-order valence-electron chi connectivity index (χ1n) is 15.5. The number of hydrogen-bond acceptors (Lipinski definition) is 3. The summed E-state index contributed by atoms with van der Waals surface area (Å²) >= 11 is 0. The summed E-state index contributed by atoms with van der Waals surface area (Å²) < 4.78 is 0. The summed E-state index contributed by atoms with van der Waals surface area (Å²) in [5, 5.41) is 7.02. The van der Waals surface area contributed by atoms with E-state index in [1.165, 1.54) is 43.8 Å². The molecule has 0 saturated heterocycles. The van der Waals surface area contributed by atoms with Gasteiger partial charge in [-0.15, -0.1) is 0 Å². The summed E-state index contributed by atoms with van der Waals surface area (Å²) in [5.74, 6) is 0. The molecule has 0 saturated carbocycles. The second-order valence-electron chi connectivity index (χ2n) is 11.7. The van der Waals surface area contributed by atoms with Gasteiger partial charge in [-0.3, -0.25) is 15.0 Å². The average Bonchev–Trinajstić information content (AvgIpc) is 3.14. The van der Waals surface area contributed by atoms with Gasteiger partial charge in [0.25, 0.3) is 0 Å². The predicted molar refractivity (Wildman–Crippen MR) is 192 cm³/mol. The number of para-hydroxylation sites is 1. The van der Waals surface area contributed by atoms with E-state index in [4.69, 9.17) is 9.97 Å². The number of rotatable bonds is 4. The largest absolute Gasteiger partial charge is 0.256 e. The van der Waals surface area contributed by atoms with Gasteiger partial charge < -0.3 is 0 Å². The van der Waals surface area contributed by atoms with Crippen LogP contribution in [0.2, 0.25) is 0 Å². The maximum absolute atomic E-state index is 4.94. The highest BCUT2D eigenvalue weighted by Gasteiger charge is 2.20. The lowest BCUT2D eigenvalue weighted by Crippen LogP contribution is -1.94. The maximum atomic E-state index is 4.94. The van der Waals surface area contributed by atoms with E-state index in [9.17, 15) is 0 Å². The Morgan fingerprint density at radius 3 is 1.87 bits per heavy atom. The van der Waals surface area contributed by atoms with Gasteiger partial charge in [0.1, 0.15) is 0 Å². The quantitative estimate of drug-likeness (QED) is 0.152. The minimum absolute atomic E-state index is 0.907. The Balaban J connectivity index is 1.29. The van der Waals surface area contributed by atoms with Crippen LogP contribution in [0.15, 0.2) is 164 Å². The summed E-state index contributed by atoms with van der Waals surface area (Å²) in [7, 11) is 0. The molecule has 214 valence electrons. The first kappa shape index (κ1) is 26.2. The van der Waals surface area contributed by atoms with E-state index < -0.39 is 0 Å². The Labute approximate surface area is 266 Å². The number of aromatic nitrogens is 3. The normalized spacial score (nSPS) is 11.5. The molecular formula is C43H27N3. The van der Waals surface area contributed by atoms with E-state index in [1.807, 2.05) is 42.9 Å². The highest BCUT2D eigenvalue weighted by Crippen LogP contribution is 2.46. The van der Waals surface area contributed by atoms with Crippen molar-refractivity contribution < 1.29 is 0 Å². The molecule has 3 heterocycles. The van der Waals surface area contributed by atoms with Gasteiger partial charge >= 0.3 is 0 Å². The Morgan fingerprint density at radius 1 is 0.370 bits per heavy atom. The van der Waals surface area contributed by atoms with Crippen molar-refractivity contribution in [2.24, 2.45) is 0 Å². The van der Waals surface area contributed by atoms with Crippen LogP contribution in [0.5, 0.6) is 0 Å². The van der Waals surface area contributed by atoms with Crippen LogP contribution in [0, 0.1) is 0 Å². The van der Waals surface area contributed by atoms with Gasteiger partial charge in [0.2, 0.25) is 0 Å². The van der Waals surface area contributed by atoms with Gasteiger partial charge in [0.15, 0.2) is 0 Å². The molecule has 0 aliphatic rings. The molecule has 0 aliphatic heterocycles. The van der Waals surface area contributed by atoms with Gasteiger partial charge in [-0.05, 0) is 74.3 Å². The van der Waals surface area contributed by atoms with Crippen LogP contribution >= 0.6 is 0 Å². The topological polar surface area (TPSA) is 38.7 Å². The van der Waals surface area contributed by atoms with Crippen molar-refractivity contribution in [3.05, 3.63) is 164 Å².